The van der Waals surface area contributed by atoms with Crippen LogP contribution in [0, 0.1) is 0 Å². The van der Waals surface area contributed by atoms with Crippen molar-refractivity contribution in [3.63, 3.8) is 0 Å². The number of halogens is 3. The van der Waals surface area contributed by atoms with E-state index in [-0.39, 0.29) is 5.69 Å². The number of alkyl halides is 3. The van der Waals surface area contributed by atoms with Gasteiger partial charge in [0.15, 0.2) is 5.78 Å². The number of benzene rings is 2. The summed E-state index contributed by atoms with van der Waals surface area (Å²) in [4.78, 5) is 23.6. The molecule has 0 spiro atoms. The summed E-state index contributed by atoms with van der Waals surface area (Å²) < 4.78 is 39.0. The lowest BCUT2D eigenvalue weighted by Crippen LogP contribution is -2.17. The zero-order valence-corrected chi connectivity index (χ0v) is 11.0. The molecule has 0 heterocycles. The first-order chi connectivity index (χ1) is 10.2. The number of hydrogen-bond donors (Lipinski definition) is 2. The van der Waals surface area contributed by atoms with Gasteiger partial charge in [0.25, 0.3) is 0 Å². The summed E-state index contributed by atoms with van der Waals surface area (Å²) in [6, 6.07) is 7.84. The number of carbonyl (C=O) groups is 2. The average molecular weight is 309 g/mol. The summed E-state index contributed by atoms with van der Waals surface area (Å²) in [6.45, 7) is 0. The van der Waals surface area contributed by atoms with Gasteiger partial charge < -0.3 is 10.8 Å². The van der Waals surface area contributed by atoms with Crippen molar-refractivity contribution in [2.75, 3.05) is 5.73 Å². The van der Waals surface area contributed by atoms with Crippen LogP contribution in [-0.2, 0) is 6.18 Å². The third kappa shape index (κ3) is 2.78. The first-order valence-corrected chi connectivity index (χ1v) is 6.06. The molecule has 22 heavy (non-hydrogen) atoms. The van der Waals surface area contributed by atoms with Crippen molar-refractivity contribution < 1.29 is 27.9 Å². The van der Waals surface area contributed by atoms with Crippen LogP contribution in [0.5, 0.6) is 0 Å². The first-order valence-electron chi connectivity index (χ1n) is 6.06. The molecule has 2 rings (SSSR count). The van der Waals surface area contributed by atoms with Crippen LogP contribution in [0.3, 0.4) is 0 Å². The molecule has 0 aliphatic heterocycles. The highest BCUT2D eigenvalue weighted by molar-refractivity contribution is 6.17. The van der Waals surface area contributed by atoms with Crippen LogP contribution >= 0.6 is 0 Å². The van der Waals surface area contributed by atoms with E-state index in [1.54, 1.807) is 0 Å². The molecule has 0 fully saturated rings. The van der Waals surface area contributed by atoms with Gasteiger partial charge in [-0.3, -0.25) is 4.79 Å². The van der Waals surface area contributed by atoms with Crippen LogP contribution < -0.4 is 5.73 Å². The lowest BCUT2D eigenvalue weighted by atomic mass is 9.93. The summed E-state index contributed by atoms with van der Waals surface area (Å²) in [7, 11) is 0. The highest BCUT2D eigenvalue weighted by Gasteiger charge is 2.36. The Morgan fingerprint density at radius 1 is 0.955 bits per heavy atom. The topological polar surface area (TPSA) is 80.4 Å². The van der Waals surface area contributed by atoms with Crippen LogP contribution in [-0.4, -0.2) is 16.9 Å². The van der Waals surface area contributed by atoms with E-state index in [0.717, 1.165) is 24.3 Å². The number of carboxylic acids is 1. The summed E-state index contributed by atoms with van der Waals surface area (Å²) in [5, 5.41) is 9.09. The van der Waals surface area contributed by atoms with Gasteiger partial charge in [-0.1, -0.05) is 24.3 Å². The molecule has 0 bridgehead atoms. The average Bonchev–Trinajstić information content (AvgIpc) is 2.45. The second-order valence-electron chi connectivity index (χ2n) is 4.45. The highest BCUT2D eigenvalue weighted by Crippen LogP contribution is 2.34. The summed E-state index contributed by atoms with van der Waals surface area (Å²) >= 11 is 0. The van der Waals surface area contributed by atoms with Crippen molar-refractivity contribution in [1.82, 2.24) is 0 Å². The Morgan fingerprint density at radius 2 is 1.55 bits per heavy atom. The lowest BCUT2D eigenvalue weighted by Gasteiger charge is -2.14. The van der Waals surface area contributed by atoms with Gasteiger partial charge in [0.2, 0.25) is 0 Å². The van der Waals surface area contributed by atoms with Crippen LogP contribution in [0.2, 0.25) is 0 Å². The number of aromatic carboxylic acids is 1. The molecule has 0 aliphatic carbocycles. The molecule has 0 saturated heterocycles. The van der Waals surface area contributed by atoms with E-state index in [9.17, 15) is 22.8 Å². The number of hydrogen-bond acceptors (Lipinski definition) is 3. The first kappa shape index (κ1) is 15.6. The molecule has 0 radical (unpaired) electrons. The number of rotatable bonds is 3. The number of ketones is 1. The van der Waals surface area contributed by atoms with E-state index < -0.39 is 40.2 Å². The molecule has 2 aromatic rings. The third-order valence-corrected chi connectivity index (χ3v) is 3.03. The van der Waals surface area contributed by atoms with E-state index in [0.29, 0.717) is 0 Å². The maximum Gasteiger partial charge on any atom is 0.417 e. The fourth-order valence-corrected chi connectivity index (χ4v) is 2.06. The summed E-state index contributed by atoms with van der Waals surface area (Å²) in [6.07, 6.45) is -4.74. The molecule has 7 heteroatoms. The number of carbonyl (C=O) groups excluding carboxylic acids is 1. The zero-order valence-electron chi connectivity index (χ0n) is 11.0. The largest absolute Gasteiger partial charge is 0.478 e. The number of anilines is 1. The molecule has 0 aromatic heterocycles. The van der Waals surface area contributed by atoms with Crippen LogP contribution in [0.15, 0.2) is 42.5 Å². The Morgan fingerprint density at radius 3 is 2.14 bits per heavy atom. The van der Waals surface area contributed by atoms with Gasteiger partial charge in [-0.25, -0.2) is 4.79 Å². The molecule has 0 aliphatic rings. The Labute approximate surface area is 123 Å². The van der Waals surface area contributed by atoms with Crippen LogP contribution in [0.1, 0.15) is 31.8 Å². The lowest BCUT2D eigenvalue weighted by molar-refractivity contribution is -0.137. The standard InChI is InChI=1S/C15H10F3NO3/c16-15(17,18)10-6-2-1-4-8(10)13(20)12-9(14(21)22)5-3-7-11(12)19/h1-7H,19H2,(H,21,22). The monoisotopic (exact) mass is 309 g/mol. The quantitative estimate of drug-likeness (QED) is 0.674. The molecule has 4 nitrogen and oxygen atoms in total. The Kier molecular flexibility index (Phi) is 3.90. The molecule has 0 saturated carbocycles. The second kappa shape index (κ2) is 5.51. The van der Waals surface area contributed by atoms with Gasteiger partial charge >= 0.3 is 12.1 Å². The van der Waals surface area contributed by atoms with E-state index in [1.807, 2.05) is 0 Å². The van der Waals surface area contributed by atoms with Crippen molar-refractivity contribution in [1.29, 1.82) is 0 Å². The van der Waals surface area contributed by atoms with Crippen LogP contribution in [0.4, 0.5) is 18.9 Å². The van der Waals surface area contributed by atoms with Gasteiger partial charge in [-0.15, -0.1) is 0 Å². The molecule has 0 atom stereocenters. The van der Waals surface area contributed by atoms with Crippen molar-refractivity contribution in [2.45, 2.75) is 6.18 Å². The van der Waals surface area contributed by atoms with Gasteiger partial charge in [-0.2, -0.15) is 13.2 Å². The fraction of sp³-hybridized carbons (Fsp3) is 0.0667. The molecule has 114 valence electrons. The molecule has 3 N–H and O–H groups in total. The number of carboxylic acid groups (broad SMARTS) is 1. The van der Waals surface area contributed by atoms with Gasteiger partial charge in [0, 0.05) is 11.3 Å². The fourth-order valence-electron chi connectivity index (χ4n) is 2.06. The van der Waals surface area contributed by atoms with Gasteiger partial charge in [0.1, 0.15) is 0 Å². The van der Waals surface area contributed by atoms with Crippen molar-refractivity contribution in [3.05, 3.63) is 64.7 Å². The SMILES string of the molecule is Nc1cccc(C(=O)O)c1C(=O)c1ccccc1C(F)(F)F. The molecule has 0 amide bonds. The predicted octanol–water partition coefficient (Wildman–Crippen LogP) is 3.22. The van der Waals surface area contributed by atoms with E-state index in [1.165, 1.54) is 18.2 Å². The third-order valence-electron chi connectivity index (χ3n) is 3.03. The second-order valence-corrected chi connectivity index (χ2v) is 4.45. The van der Waals surface area contributed by atoms with Crippen LogP contribution in [0.25, 0.3) is 0 Å². The normalized spacial score (nSPS) is 11.2. The maximum absolute atomic E-state index is 13.0. The van der Waals surface area contributed by atoms with Gasteiger partial charge in [0.05, 0.1) is 16.7 Å². The van der Waals surface area contributed by atoms with E-state index in [4.69, 9.17) is 10.8 Å². The molecular formula is C15H10F3NO3. The highest BCUT2D eigenvalue weighted by atomic mass is 19.4. The van der Waals surface area contributed by atoms with Gasteiger partial charge in [-0.05, 0) is 18.2 Å². The number of nitrogens with two attached hydrogens (primary N) is 1. The Bertz CT molecular complexity index is 754. The minimum absolute atomic E-state index is 0.193. The zero-order chi connectivity index (χ0) is 16.5. The summed E-state index contributed by atoms with van der Waals surface area (Å²) in [5.74, 6) is -2.52. The van der Waals surface area contributed by atoms with E-state index in [2.05, 4.69) is 0 Å². The minimum Gasteiger partial charge on any atom is -0.478 e. The Balaban J connectivity index is 2.68. The smallest absolute Gasteiger partial charge is 0.417 e. The number of nitrogen functional groups attached to an aromatic ring is 1. The predicted molar refractivity (Wildman–Crippen MR) is 72.7 cm³/mol. The van der Waals surface area contributed by atoms with Crippen molar-refractivity contribution in [3.8, 4) is 0 Å². The van der Waals surface area contributed by atoms with Crippen molar-refractivity contribution >= 4 is 17.4 Å². The maximum atomic E-state index is 13.0. The molecular weight excluding hydrogens is 299 g/mol. The van der Waals surface area contributed by atoms with Crippen molar-refractivity contribution in [2.24, 2.45) is 0 Å². The minimum atomic E-state index is -4.74. The molecule has 2 aromatic carbocycles. The van der Waals surface area contributed by atoms with E-state index >= 15 is 0 Å². The Hall–Kier alpha value is -2.83. The summed E-state index contributed by atoms with van der Waals surface area (Å²) in [5.41, 5.74) is 2.72. The molecule has 0 unspecified atom stereocenters.